The third-order valence-electron chi connectivity index (χ3n) is 2.52. The molecule has 3 nitrogen and oxygen atoms in total. The summed E-state index contributed by atoms with van der Waals surface area (Å²) < 4.78 is 5.46. The molecule has 2 aromatic rings. The van der Waals surface area contributed by atoms with Gasteiger partial charge in [0.2, 0.25) is 0 Å². The first-order valence-electron chi connectivity index (χ1n) is 5.55. The van der Waals surface area contributed by atoms with Crippen LogP contribution in [0.2, 0.25) is 0 Å². The molecule has 0 bridgehead atoms. The molecule has 16 heavy (non-hydrogen) atoms. The van der Waals surface area contributed by atoms with E-state index in [-0.39, 0.29) is 0 Å². The second kappa shape index (κ2) is 5.47. The Balaban J connectivity index is 2.07. The highest BCUT2D eigenvalue weighted by Crippen LogP contribution is 2.15. The van der Waals surface area contributed by atoms with Crippen LogP contribution in [0.4, 0.5) is 0 Å². The van der Waals surface area contributed by atoms with Crippen molar-refractivity contribution in [2.24, 2.45) is 0 Å². The largest absolute Gasteiger partial charge is 0.468 e. The van der Waals surface area contributed by atoms with Gasteiger partial charge >= 0.3 is 0 Å². The molecule has 0 atom stereocenters. The Morgan fingerprint density at radius 1 is 1.25 bits per heavy atom. The Kier molecular flexibility index (Phi) is 3.72. The van der Waals surface area contributed by atoms with Gasteiger partial charge in [-0.05, 0) is 35.9 Å². The Bertz CT molecular complexity index is 423. The van der Waals surface area contributed by atoms with Crippen molar-refractivity contribution in [1.29, 1.82) is 0 Å². The molecule has 3 heteroatoms. The number of aromatic nitrogens is 1. The average molecular weight is 216 g/mol. The number of rotatable bonds is 5. The summed E-state index contributed by atoms with van der Waals surface area (Å²) in [6, 6.07) is 6.10. The van der Waals surface area contributed by atoms with Crippen molar-refractivity contribution in [2.45, 2.75) is 19.9 Å². The lowest BCUT2D eigenvalue weighted by molar-refractivity contribution is 0.483. The lowest BCUT2D eigenvalue weighted by Gasteiger charge is -2.03. The van der Waals surface area contributed by atoms with Crippen molar-refractivity contribution >= 4 is 0 Å². The molecule has 0 saturated heterocycles. The Labute approximate surface area is 95.5 Å². The number of pyridine rings is 1. The van der Waals surface area contributed by atoms with Crippen LogP contribution in [0.15, 0.2) is 41.3 Å². The minimum Gasteiger partial charge on any atom is -0.468 e. The normalized spacial score (nSPS) is 10.6. The summed E-state index contributed by atoms with van der Waals surface area (Å²) in [4.78, 5) is 4.01. The van der Waals surface area contributed by atoms with Crippen molar-refractivity contribution in [2.75, 3.05) is 6.54 Å². The van der Waals surface area contributed by atoms with E-state index in [1.165, 1.54) is 11.1 Å². The van der Waals surface area contributed by atoms with Crippen LogP contribution in [0.3, 0.4) is 0 Å². The molecule has 0 aromatic carbocycles. The minimum atomic E-state index is 0.796. The summed E-state index contributed by atoms with van der Waals surface area (Å²) >= 11 is 0. The van der Waals surface area contributed by atoms with Gasteiger partial charge < -0.3 is 9.73 Å². The highest BCUT2D eigenvalue weighted by molar-refractivity contribution is 5.26. The first kappa shape index (κ1) is 10.9. The maximum Gasteiger partial charge on any atom is 0.121 e. The van der Waals surface area contributed by atoms with Crippen LogP contribution in [-0.2, 0) is 13.0 Å². The third-order valence-corrected chi connectivity index (χ3v) is 2.52. The number of furan rings is 1. The van der Waals surface area contributed by atoms with E-state index in [1.807, 2.05) is 30.6 Å². The van der Waals surface area contributed by atoms with E-state index in [4.69, 9.17) is 4.42 Å². The van der Waals surface area contributed by atoms with Gasteiger partial charge in [0.15, 0.2) is 0 Å². The summed E-state index contributed by atoms with van der Waals surface area (Å²) in [5.41, 5.74) is 2.50. The summed E-state index contributed by atoms with van der Waals surface area (Å²) in [6.07, 6.45) is 6.29. The molecule has 0 aliphatic rings. The van der Waals surface area contributed by atoms with Gasteiger partial charge in [-0.25, -0.2) is 0 Å². The summed E-state index contributed by atoms with van der Waals surface area (Å²) in [6.45, 7) is 3.84. The maximum atomic E-state index is 5.46. The van der Waals surface area contributed by atoms with E-state index in [0.717, 1.165) is 25.3 Å². The Morgan fingerprint density at radius 2 is 2.06 bits per heavy atom. The monoisotopic (exact) mass is 216 g/mol. The fourth-order valence-corrected chi connectivity index (χ4v) is 1.64. The van der Waals surface area contributed by atoms with Crippen LogP contribution in [0.25, 0.3) is 0 Å². The fraction of sp³-hybridized carbons (Fsp3) is 0.308. The molecular weight excluding hydrogens is 200 g/mol. The van der Waals surface area contributed by atoms with Gasteiger partial charge in [0.1, 0.15) is 5.76 Å². The minimum absolute atomic E-state index is 0.796. The predicted molar refractivity (Wildman–Crippen MR) is 63.1 cm³/mol. The quantitative estimate of drug-likeness (QED) is 0.833. The lowest BCUT2D eigenvalue weighted by Crippen LogP contribution is -2.12. The standard InChI is InChI=1S/C13H16N2O/c1-2-14-10-13-12(5-8-16-13)9-11-3-6-15-7-4-11/h3-8,14H,2,9-10H2,1H3. The highest BCUT2D eigenvalue weighted by atomic mass is 16.3. The van der Waals surface area contributed by atoms with E-state index in [0.29, 0.717) is 0 Å². The molecule has 0 aliphatic carbocycles. The molecule has 0 fully saturated rings. The van der Waals surface area contributed by atoms with Crippen molar-refractivity contribution in [1.82, 2.24) is 10.3 Å². The van der Waals surface area contributed by atoms with Gasteiger partial charge in [-0.3, -0.25) is 4.98 Å². The number of nitrogens with one attached hydrogen (secondary N) is 1. The van der Waals surface area contributed by atoms with Gasteiger partial charge in [-0.15, -0.1) is 0 Å². The Morgan fingerprint density at radius 3 is 2.81 bits per heavy atom. The van der Waals surface area contributed by atoms with Crippen LogP contribution in [0.5, 0.6) is 0 Å². The topological polar surface area (TPSA) is 38.1 Å². The molecule has 2 aromatic heterocycles. The average Bonchev–Trinajstić information content (AvgIpc) is 2.75. The molecule has 0 saturated carbocycles. The van der Waals surface area contributed by atoms with Gasteiger partial charge in [0, 0.05) is 18.8 Å². The van der Waals surface area contributed by atoms with E-state index in [1.54, 1.807) is 6.26 Å². The van der Waals surface area contributed by atoms with Gasteiger partial charge in [-0.1, -0.05) is 6.92 Å². The van der Waals surface area contributed by atoms with Crippen molar-refractivity contribution < 1.29 is 4.42 Å². The Hall–Kier alpha value is -1.61. The molecule has 2 rings (SSSR count). The highest BCUT2D eigenvalue weighted by Gasteiger charge is 2.06. The van der Waals surface area contributed by atoms with Crippen molar-refractivity contribution in [3.8, 4) is 0 Å². The van der Waals surface area contributed by atoms with E-state index in [2.05, 4.69) is 17.2 Å². The summed E-state index contributed by atoms with van der Waals surface area (Å²) in [5, 5.41) is 3.27. The van der Waals surface area contributed by atoms with E-state index >= 15 is 0 Å². The molecular formula is C13H16N2O. The van der Waals surface area contributed by atoms with Gasteiger partial charge in [0.05, 0.1) is 12.8 Å². The molecule has 0 amide bonds. The smallest absolute Gasteiger partial charge is 0.121 e. The fourth-order valence-electron chi connectivity index (χ4n) is 1.64. The van der Waals surface area contributed by atoms with Crippen LogP contribution in [-0.4, -0.2) is 11.5 Å². The number of nitrogens with zero attached hydrogens (tertiary/aromatic N) is 1. The van der Waals surface area contributed by atoms with E-state index in [9.17, 15) is 0 Å². The predicted octanol–water partition coefficient (Wildman–Crippen LogP) is 2.37. The van der Waals surface area contributed by atoms with Gasteiger partial charge in [0.25, 0.3) is 0 Å². The maximum absolute atomic E-state index is 5.46. The first-order chi connectivity index (χ1) is 7.90. The zero-order valence-electron chi connectivity index (χ0n) is 9.44. The number of hydrogen-bond acceptors (Lipinski definition) is 3. The number of hydrogen-bond donors (Lipinski definition) is 1. The van der Waals surface area contributed by atoms with Crippen LogP contribution in [0, 0.1) is 0 Å². The molecule has 0 spiro atoms. The molecule has 1 N–H and O–H groups in total. The van der Waals surface area contributed by atoms with E-state index < -0.39 is 0 Å². The van der Waals surface area contributed by atoms with Crippen LogP contribution < -0.4 is 5.32 Å². The zero-order valence-corrected chi connectivity index (χ0v) is 9.44. The second-order valence-corrected chi connectivity index (χ2v) is 3.68. The summed E-state index contributed by atoms with van der Waals surface area (Å²) in [5.74, 6) is 1.03. The second-order valence-electron chi connectivity index (χ2n) is 3.68. The SMILES string of the molecule is CCNCc1occc1Cc1ccncc1. The molecule has 2 heterocycles. The molecule has 0 radical (unpaired) electrons. The van der Waals surface area contributed by atoms with Crippen LogP contribution >= 0.6 is 0 Å². The molecule has 0 aliphatic heterocycles. The molecule has 0 unspecified atom stereocenters. The van der Waals surface area contributed by atoms with Gasteiger partial charge in [-0.2, -0.15) is 0 Å². The third kappa shape index (κ3) is 2.70. The summed E-state index contributed by atoms with van der Waals surface area (Å²) in [7, 11) is 0. The zero-order chi connectivity index (χ0) is 11.2. The van der Waals surface area contributed by atoms with Crippen molar-refractivity contribution in [3.63, 3.8) is 0 Å². The van der Waals surface area contributed by atoms with Crippen LogP contribution in [0.1, 0.15) is 23.8 Å². The molecule has 84 valence electrons. The van der Waals surface area contributed by atoms with Crippen molar-refractivity contribution in [3.05, 3.63) is 53.7 Å². The lowest BCUT2D eigenvalue weighted by atomic mass is 10.1. The first-order valence-corrected chi connectivity index (χ1v) is 5.55.